The zero-order valence-corrected chi connectivity index (χ0v) is 16.0. The summed E-state index contributed by atoms with van der Waals surface area (Å²) in [5.41, 5.74) is 2.12. The smallest absolute Gasteiger partial charge is 0.352 e. The second-order valence-corrected chi connectivity index (χ2v) is 6.50. The number of nitrogens with zero attached hydrogens (tertiary/aromatic N) is 4. The van der Waals surface area contributed by atoms with Gasteiger partial charge in [-0.2, -0.15) is 0 Å². The second kappa shape index (κ2) is 7.59. The zero-order valence-electron chi connectivity index (χ0n) is 16.0. The third kappa shape index (κ3) is 3.73. The number of anilines is 1. The van der Waals surface area contributed by atoms with Crippen molar-refractivity contribution < 1.29 is 9.53 Å². The molecule has 146 valence electrons. The molecule has 0 aliphatic carbocycles. The Labute approximate surface area is 166 Å². The van der Waals surface area contributed by atoms with Crippen LogP contribution in [-0.4, -0.2) is 32.2 Å². The van der Waals surface area contributed by atoms with Crippen molar-refractivity contribution in [1.29, 1.82) is 0 Å². The first-order valence-corrected chi connectivity index (χ1v) is 9.02. The zero-order chi connectivity index (χ0) is 20.4. The molecule has 0 aliphatic rings. The second-order valence-electron chi connectivity index (χ2n) is 6.50. The molecule has 2 aromatic heterocycles. The summed E-state index contributed by atoms with van der Waals surface area (Å²) in [6.45, 7) is 1.62. The molecule has 0 bridgehead atoms. The predicted octanol–water partition coefficient (Wildman–Crippen LogP) is 2.51. The lowest BCUT2D eigenvalue weighted by Gasteiger charge is -2.06. The van der Waals surface area contributed by atoms with Crippen molar-refractivity contribution >= 4 is 17.2 Å². The van der Waals surface area contributed by atoms with Crippen molar-refractivity contribution in [2.24, 2.45) is 0 Å². The molecule has 8 heteroatoms. The van der Waals surface area contributed by atoms with Gasteiger partial charge in [0.1, 0.15) is 18.1 Å². The van der Waals surface area contributed by atoms with Gasteiger partial charge in [0.15, 0.2) is 5.65 Å². The van der Waals surface area contributed by atoms with Crippen LogP contribution < -0.4 is 15.7 Å². The molecular formula is C21H19N5O3. The molecule has 0 atom stereocenters. The van der Waals surface area contributed by atoms with Crippen LogP contribution in [0.4, 0.5) is 5.69 Å². The highest BCUT2D eigenvalue weighted by atomic mass is 16.5. The molecule has 0 unspecified atom stereocenters. The molecule has 0 radical (unpaired) electrons. The van der Waals surface area contributed by atoms with Gasteiger partial charge in [0.25, 0.3) is 0 Å². The van der Waals surface area contributed by atoms with Crippen LogP contribution in [0.15, 0.2) is 65.5 Å². The van der Waals surface area contributed by atoms with Crippen LogP contribution in [0.25, 0.3) is 17.0 Å². The summed E-state index contributed by atoms with van der Waals surface area (Å²) in [6.07, 6.45) is 0. The standard InChI is InChI=1S/C21H19N5O3/c1-14-11-18-24-25(13-19(27)23-16-9-6-10-17(12-16)29-2)21(28)26(18)20(22-14)15-7-4-3-5-8-15/h3-12H,13H2,1-2H3,(H,23,27). The molecule has 1 amide bonds. The van der Waals surface area contributed by atoms with Gasteiger partial charge in [0, 0.05) is 29.1 Å². The number of carbonyl (C=O) groups excluding carboxylic acids is 1. The number of amides is 1. The number of hydrogen-bond acceptors (Lipinski definition) is 5. The lowest BCUT2D eigenvalue weighted by atomic mass is 10.2. The van der Waals surface area contributed by atoms with E-state index < -0.39 is 5.69 Å². The van der Waals surface area contributed by atoms with E-state index in [2.05, 4.69) is 15.4 Å². The number of methoxy groups -OCH3 is 1. The van der Waals surface area contributed by atoms with Crippen molar-refractivity contribution in [1.82, 2.24) is 19.2 Å². The molecule has 0 aliphatic heterocycles. The summed E-state index contributed by atoms with van der Waals surface area (Å²) in [4.78, 5) is 29.9. The van der Waals surface area contributed by atoms with E-state index in [4.69, 9.17) is 4.74 Å². The quantitative estimate of drug-likeness (QED) is 0.566. The summed E-state index contributed by atoms with van der Waals surface area (Å²) >= 11 is 0. The minimum atomic E-state index is -0.424. The van der Waals surface area contributed by atoms with Crippen LogP contribution in [0, 0.1) is 6.92 Å². The van der Waals surface area contributed by atoms with Gasteiger partial charge in [-0.1, -0.05) is 36.4 Å². The van der Waals surface area contributed by atoms with Gasteiger partial charge in [0.05, 0.1) is 7.11 Å². The summed E-state index contributed by atoms with van der Waals surface area (Å²) in [5.74, 6) is 0.751. The number of ether oxygens (including phenoxy) is 1. The number of aryl methyl sites for hydroxylation is 1. The highest BCUT2D eigenvalue weighted by Gasteiger charge is 2.16. The fraction of sp³-hybridized carbons (Fsp3) is 0.143. The molecule has 2 aromatic carbocycles. The molecule has 29 heavy (non-hydrogen) atoms. The van der Waals surface area contributed by atoms with E-state index in [0.29, 0.717) is 22.9 Å². The topological polar surface area (TPSA) is 90.5 Å². The molecule has 4 aromatic rings. The third-order valence-electron chi connectivity index (χ3n) is 4.38. The first-order chi connectivity index (χ1) is 14.0. The highest BCUT2D eigenvalue weighted by molar-refractivity contribution is 5.90. The van der Waals surface area contributed by atoms with Crippen molar-refractivity contribution in [3.05, 3.63) is 76.8 Å². The number of rotatable bonds is 5. The van der Waals surface area contributed by atoms with Gasteiger partial charge in [-0.05, 0) is 19.1 Å². The Morgan fingerprint density at radius 1 is 1.10 bits per heavy atom. The van der Waals surface area contributed by atoms with E-state index in [1.807, 2.05) is 37.3 Å². The van der Waals surface area contributed by atoms with Crippen molar-refractivity contribution in [3.8, 4) is 17.1 Å². The number of aromatic nitrogens is 4. The van der Waals surface area contributed by atoms with Crippen LogP contribution in [-0.2, 0) is 11.3 Å². The van der Waals surface area contributed by atoms with E-state index in [-0.39, 0.29) is 12.5 Å². The molecule has 0 fully saturated rings. The van der Waals surface area contributed by atoms with E-state index in [1.54, 1.807) is 37.4 Å². The Hall–Kier alpha value is -3.94. The molecule has 8 nitrogen and oxygen atoms in total. The summed E-state index contributed by atoms with van der Waals surface area (Å²) in [6, 6.07) is 18.1. The predicted molar refractivity (Wildman–Crippen MR) is 109 cm³/mol. The fourth-order valence-corrected chi connectivity index (χ4v) is 3.07. The SMILES string of the molecule is COc1cccc(NC(=O)Cn2nc3cc(C)nc(-c4ccccc4)n3c2=O)c1. The largest absolute Gasteiger partial charge is 0.497 e. The Bertz CT molecular complexity index is 1240. The Morgan fingerprint density at radius 3 is 2.66 bits per heavy atom. The van der Waals surface area contributed by atoms with Gasteiger partial charge < -0.3 is 10.1 Å². The highest BCUT2D eigenvalue weighted by Crippen LogP contribution is 2.18. The first kappa shape index (κ1) is 18.4. The van der Waals surface area contributed by atoms with E-state index in [0.717, 1.165) is 15.9 Å². The van der Waals surface area contributed by atoms with Gasteiger partial charge in [-0.3, -0.25) is 4.79 Å². The van der Waals surface area contributed by atoms with Crippen LogP contribution in [0.5, 0.6) is 5.75 Å². The maximum atomic E-state index is 12.9. The average molecular weight is 389 g/mol. The van der Waals surface area contributed by atoms with Gasteiger partial charge >= 0.3 is 5.69 Å². The number of carbonyl (C=O) groups is 1. The Kier molecular flexibility index (Phi) is 4.82. The van der Waals surface area contributed by atoms with Crippen LogP contribution >= 0.6 is 0 Å². The molecule has 0 saturated carbocycles. The number of hydrogen-bond donors (Lipinski definition) is 1. The van der Waals surface area contributed by atoms with Crippen molar-refractivity contribution in [2.45, 2.75) is 13.5 Å². The molecule has 1 N–H and O–H groups in total. The molecule has 0 spiro atoms. The summed E-state index contributed by atoms with van der Waals surface area (Å²) in [7, 11) is 1.55. The first-order valence-electron chi connectivity index (χ1n) is 9.02. The van der Waals surface area contributed by atoms with E-state index >= 15 is 0 Å². The van der Waals surface area contributed by atoms with Crippen LogP contribution in [0.2, 0.25) is 0 Å². The fourth-order valence-electron chi connectivity index (χ4n) is 3.07. The monoisotopic (exact) mass is 389 g/mol. The third-order valence-corrected chi connectivity index (χ3v) is 4.38. The Morgan fingerprint density at radius 2 is 1.90 bits per heavy atom. The minimum absolute atomic E-state index is 0.217. The van der Waals surface area contributed by atoms with Gasteiger partial charge in [-0.15, -0.1) is 5.10 Å². The molecule has 0 saturated heterocycles. The normalized spacial score (nSPS) is 10.8. The lowest BCUT2D eigenvalue weighted by molar-refractivity contribution is -0.117. The maximum Gasteiger partial charge on any atom is 0.352 e. The van der Waals surface area contributed by atoms with Crippen LogP contribution in [0.1, 0.15) is 5.69 Å². The van der Waals surface area contributed by atoms with Crippen molar-refractivity contribution in [3.63, 3.8) is 0 Å². The maximum absolute atomic E-state index is 12.9. The number of benzene rings is 2. The van der Waals surface area contributed by atoms with E-state index in [1.165, 1.54) is 4.40 Å². The van der Waals surface area contributed by atoms with Gasteiger partial charge in [-0.25, -0.2) is 18.9 Å². The molecular weight excluding hydrogens is 370 g/mol. The van der Waals surface area contributed by atoms with Gasteiger partial charge in [0.2, 0.25) is 5.91 Å². The summed E-state index contributed by atoms with van der Waals surface area (Å²) in [5, 5.41) is 7.07. The minimum Gasteiger partial charge on any atom is -0.497 e. The average Bonchev–Trinajstić information content (AvgIpc) is 3.03. The van der Waals surface area contributed by atoms with E-state index in [9.17, 15) is 9.59 Å². The number of nitrogens with one attached hydrogen (secondary N) is 1. The van der Waals surface area contributed by atoms with Crippen LogP contribution in [0.3, 0.4) is 0 Å². The van der Waals surface area contributed by atoms with Crippen molar-refractivity contribution in [2.75, 3.05) is 12.4 Å². The Balaban J connectivity index is 1.67. The number of fused-ring (bicyclic) bond motifs is 1. The lowest BCUT2D eigenvalue weighted by Crippen LogP contribution is -2.28. The summed E-state index contributed by atoms with van der Waals surface area (Å²) < 4.78 is 7.71. The molecule has 2 heterocycles. The molecule has 4 rings (SSSR count).